The molecule has 9 heteroatoms. The summed E-state index contributed by atoms with van der Waals surface area (Å²) in [5.74, 6) is -3.99. The Morgan fingerprint density at radius 2 is 1.93 bits per heavy atom. The van der Waals surface area contributed by atoms with Crippen molar-refractivity contribution in [3.63, 3.8) is 0 Å². The van der Waals surface area contributed by atoms with E-state index in [-0.39, 0.29) is 33.9 Å². The van der Waals surface area contributed by atoms with Gasteiger partial charge in [-0.2, -0.15) is 8.78 Å². The van der Waals surface area contributed by atoms with Gasteiger partial charge in [-0.3, -0.25) is 9.59 Å². The number of halogens is 2. The van der Waals surface area contributed by atoms with Gasteiger partial charge in [0.15, 0.2) is 6.61 Å². The van der Waals surface area contributed by atoms with Crippen LogP contribution in [-0.4, -0.2) is 36.6 Å². The molecule has 0 aliphatic rings. The van der Waals surface area contributed by atoms with Crippen LogP contribution in [0.3, 0.4) is 0 Å². The number of esters is 1. The molecule has 1 aromatic heterocycles. The van der Waals surface area contributed by atoms with Crippen molar-refractivity contribution in [3.8, 4) is 0 Å². The molecule has 0 spiro atoms. The van der Waals surface area contributed by atoms with E-state index in [9.17, 15) is 23.2 Å². The predicted octanol–water partition coefficient (Wildman–Crippen LogP) is 3.78. The highest BCUT2D eigenvalue weighted by Crippen LogP contribution is 2.28. The van der Waals surface area contributed by atoms with Crippen LogP contribution < -0.4 is 5.32 Å². The minimum Gasteiger partial charge on any atom is -0.454 e. The molecule has 0 unspecified atom stereocenters. The molecule has 0 bridgehead atoms. The van der Waals surface area contributed by atoms with Gasteiger partial charge in [-0.1, -0.05) is 23.9 Å². The van der Waals surface area contributed by atoms with E-state index < -0.39 is 18.3 Å². The zero-order valence-corrected chi connectivity index (χ0v) is 16.0. The van der Waals surface area contributed by atoms with E-state index in [4.69, 9.17) is 4.74 Å². The fourth-order valence-electron chi connectivity index (χ4n) is 2.14. The molecule has 27 heavy (non-hydrogen) atoms. The smallest absolute Gasteiger partial charge is 0.339 e. The average Bonchev–Trinajstić information content (AvgIpc) is 3.08. The maximum atomic E-state index is 12.6. The number of thiophene rings is 1. The van der Waals surface area contributed by atoms with Crippen molar-refractivity contribution < 1.29 is 27.9 Å². The van der Waals surface area contributed by atoms with Gasteiger partial charge in [0.1, 0.15) is 0 Å². The van der Waals surface area contributed by atoms with Crippen molar-refractivity contribution in [2.24, 2.45) is 0 Å². The second-order valence-corrected chi connectivity index (χ2v) is 7.57. The molecule has 1 aromatic carbocycles. The summed E-state index contributed by atoms with van der Waals surface area (Å²) >= 11 is 1.51. The van der Waals surface area contributed by atoms with Gasteiger partial charge in [-0.15, -0.1) is 11.3 Å². The summed E-state index contributed by atoms with van der Waals surface area (Å²) in [7, 11) is 0. The number of carbonyl (C=O) groups is 3. The Hall–Kier alpha value is -2.26. The standard InChI is InChI=1S/C18H17F2NO4S2/c1-11(22)21-9-8-12-6-7-16(26-12)14(23)10-25-17(24)13-4-2-3-5-15(13)27-18(19)20/h2-7,18H,8-10H2,1H3,(H,21,22). The Morgan fingerprint density at radius 3 is 2.63 bits per heavy atom. The molecule has 2 rings (SSSR count). The van der Waals surface area contributed by atoms with Gasteiger partial charge in [-0.05, 0) is 30.7 Å². The van der Waals surface area contributed by atoms with Crippen molar-refractivity contribution in [2.45, 2.75) is 24.0 Å². The molecule has 0 fully saturated rings. The number of carbonyl (C=O) groups excluding carboxylic acids is 3. The first-order valence-electron chi connectivity index (χ1n) is 7.94. The average molecular weight is 413 g/mol. The molecule has 2 aromatic rings. The fourth-order valence-corrected chi connectivity index (χ4v) is 3.70. The third-order valence-corrected chi connectivity index (χ3v) is 5.31. The highest BCUT2D eigenvalue weighted by atomic mass is 32.2. The van der Waals surface area contributed by atoms with Crippen LogP contribution in [-0.2, 0) is 16.0 Å². The third kappa shape index (κ3) is 6.76. The van der Waals surface area contributed by atoms with Gasteiger partial charge < -0.3 is 10.1 Å². The maximum Gasteiger partial charge on any atom is 0.339 e. The zero-order valence-electron chi connectivity index (χ0n) is 14.4. The van der Waals surface area contributed by atoms with E-state index in [0.717, 1.165) is 4.88 Å². The number of Topliss-reactive ketones (excluding diaryl/α,β-unsaturated/α-hetero) is 1. The molecule has 0 aliphatic heterocycles. The topological polar surface area (TPSA) is 72.5 Å². The molecule has 0 saturated carbocycles. The SMILES string of the molecule is CC(=O)NCCc1ccc(C(=O)COC(=O)c2ccccc2SC(F)F)s1. The molecule has 1 amide bonds. The summed E-state index contributed by atoms with van der Waals surface area (Å²) in [6.45, 7) is 1.42. The number of alkyl halides is 2. The Kier molecular flexibility index (Phi) is 7.93. The first kappa shape index (κ1) is 21.0. The number of ether oxygens (including phenoxy) is 1. The highest BCUT2D eigenvalue weighted by Gasteiger charge is 2.18. The van der Waals surface area contributed by atoms with Gasteiger partial charge in [0.05, 0.1) is 10.4 Å². The summed E-state index contributed by atoms with van der Waals surface area (Å²) in [6.07, 6.45) is 0.593. The number of amides is 1. The molecule has 0 radical (unpaired) electrons. The summed E-state index contributed by atoms with van der Waals surface area (Å²) < 4.78 is 30.1. The maximum absolute atomic E-state index is 12.6. The van der Waals surface area contributed by atoms with Crippen LogP contribution in [0, 0.1) is 0 Å². The van der Waals surface area contributed by atoms with Crippen LogP contribution in [0.2, 0.25) is 0 Å². The fraction of sp³-hybridized carbons (Fsp3) is 0.278. The minimum absolute atomic E-state index is 0.00206. The summed E-state index contributed by atoms with van der Waals surface area (Å²) in [5, 5.41) is 2.67. The van der Waals surface area contributed by atoms with E-state index in [1.165, 1.54) is 36.5 Å². The molecule has 144 valence electrons. The second-order valence-electron chi connectivity index (χ2n) is 5.37. The van der Waals surface area contributed by atoms with E-state index in [2.05, 4.69) is 5.32 Å². The second kappa shape index (κ2) is 10.2. The summed E-state index contributed by atoms with van der Waals surface area (Å²) in [4.78, 5) is 36.6. The lowest BCUT2D eigenvalue weighted by molar-refractivity contribution is -0.118. The molecule has 0 saturated heterocycles. The Labute approximate surface area is 163 Å². The van der Waals surface area contributed by atoms with Crippen molar-refractivity contribution in [2.75, 3.05) is 13.2 Å². The predicted molar refractivity (Wildman–Crippen MR) is 99.6 cm³/mol. The number of hydrogen-bond donors (Lipinski definition) is 1. The van der Waals surface area contributed by atoms with Gasteiger partial charge in [-0.25, -0.2) is 4.79 Å². The van der Waals surface area contributed by atoms with Gasteiger partial charge in [0, 0.05) is 23.2 Å². The Morgan fingerprint density at radius 1 is 1.19 bits per heavy atom. The minimum atomic E-state index is -2.66. The first-order chi connectivity index (χ1) is 12.9. The number of thioether (sulfide) groups is 1. The lowest BCUT2D eigenvalue weighted by Gasteiger charge is -2.08. The van der Waals surface area contributed by atoms with Crippen LogP contribution >= 0.6 is 23.1 Å². The summed E-state index contributed by atoms with van der Waals surface area (Å²) in [5.41, 5.74) is -0.00206. The Bertz CT molecular complexity index is 823. The Balaban J connectivity index is 1.91. The lowest BCUT2D eigenvalue weighted by atomic mass is 10.2. The van der Waals surface area contributed by atoms with E-state index >= 15 is 0 Å². The zero-order chi connectivity index (χ0) is 19.8. The summed E-state index contributed by atoms with van der Waals surface area (Å²) in [6, 6.07) is 9.26. The van der Waals surface area contributed by atoms with Crippen molar-refractivity contribution in [1.82, 2.24) is 5.32 Å². The van der Waals surface area contributed by atoms with Crippen LogP contribution in [0.15, 0.2) is 41.3 Å². The van der Waals surface area contributed by atoms with Crippen LogP contribution in [0.25, 0.3) is 0 Å². The molecular formula is C18H17F2NO4S2. The molecule has 0 atom stereocenters. The largest absolute Gasteiger partial charge is 0.454 e. The number of ketones is 1. The quantitative estimate of drug-likeness (QED) is 0.385. The molecule has 1 heterocycles. The molecule has 1 N–H and O–H groups in total. The van der Waals surface area contributed by atoms with Crippen LogP contribution in [0.4, 0.5) is 8.78 Å². The molecule has 5 nitrogen and oxygen atoms in total. The van der Waals surface area contributed by atoms with Crippen molar-refractivity contribution in [1.29, 1.82) is 0 Å². The number of hydrogen-bond acceptors (Lipinski definition) is 6. The van der Waals surface area contributed by atoms with Gasteiger partial charge in [0.25, 0.3) is 5.76 Å². The monoisotopic (exact) mass is 413 g/mol. The third-order valence-electron chi connectivity index (χ3n) is 3.34. The van der Waals surface area contributed by atoms with E-state index in [0.29, 0.717) is 17.8 Å². The van der Waals surface area contributed by atoms with Crippen LogP contribution in [0.5, 0.6) is 0 Å². The van der Waals surface area contributed by atoms with Crippen molar-refractivity contribution >= 4 is 40.8 Å². The van der Waals surface area contributed by atoms with Crippen LogP contribution in [0.1, 0.15) is 31.8 Å². The highest BCUT2D eigenvalue weighted by molar-refractivity contribution is 7.99. The first-order valence-corrected chi connectivity index (χ1v) is 9.63. The van der Waals surface area contributed by atoms with E-state index in [1.807, 2.05) is 0 Å². The lowest BCUT2D eigenvalue weighted by Crippen LogP contribution is -2.22. The number of benzene rings is 1. The number of nitrogens with one attached hydrogen (secondary N) is 1. The van der Waals surface area contributed by atoms with E-state index in [1.54, 1.807) is 18.2 Å². The number of rotatable bonds is 9. The van der Waals surface area contributed by atoms with Gasteiger partial charge >= 0.3 is 5.97 Å². The molecule has 0 aliphatic carbocycles. The van der Waals surface area contributed by atoms with Gasteiger partial charge in [0.2, 0.25) is 11.7 Å². The van der Waals surface area contributed by atoms with Crippen molar-refractivity contribution in [3.05, 3.63) is 51.7 Å². The normalized spacial score (nSPS) is 10.7. The molecular weight excluding hydrogens is 396 g/mol.